The van der Waals surface area contributed by atoms with Crippen LogP contribution in [0.15, 0.2) is 42.6 Å². The number of pyridine rings is 1. The Morgan fingerprint density at radius 1 is 1.21 bits per heavy atom. The Balaban J connectivity index is 1.51. The predicted octanol–water partition coefficient (Wildman–Crippen LogP) is 3.06. The molecule has 1 aliphatic rings. The van der Waals surface area contributed by atoms with Crippen molar-refractivity contribution in [2.75, 3.05) is 44.8 Å². The normalized spacial score (nSPS) is 15.2. The Labute approximate surface area is 160 Å². The van der Waals surface area contributed by atoms with Crippen LogP contribution in [0.3, 0.4) is 0 Å². The molecule has 0 radical (unpaired) electrons. The van der Waals surface area contributed by atoms with Crippen LogP contribution in [0.1, 0.15) is 15.9 Å². The van der Waals surface area contributed by atoms with E-state index < -0.39 is 17.6 Å². The molecule has 2 aromatic rings. The summed E-state index contributed by atoms with van der Waals surface area (Å²) in [6, 6.07) is 7.43. The summed E-state index contributed by atoms with van der Waals surface area (Å²) in [5.41, 5.74) is -0.592. The van der Waals surface area contributed by atoms with Crippen molar-refractivity contribution < 1.29 is 27.4 Å². The molecule has 1 saturated heterocycles. The number of alkyl halides is 3. The molecule has 150 valence electrons. The highest BCUT2D eigenvalue weighted by molar-refractivity contribution is 6.04. The molecule has 1 aromatic heterocycles. The van der Waals surface area contributed by atoms with Gasteiger partial charge in [-0.05, 0) is 24.3 Å². The number of halogens is 3. The van der Waals surface area contributed by atoms with Crippen molar-refractivity contribution in [1.82, 2.24) is 9.88 Å². The number of hydrogen-bond donors (Lipinski definition) is 1. The summed E-state index contributed by atoms with van der Waals surface area (Å²) in [4.78, 5) is 18.5. The van der Waals surface area contributed by atoms with Gasteiger partial charge in [-0.25, -0.2) is 4.98 Å². The largest absolute Gasteiger partial charge is 0.476 e. The van der Waals surface area contributed by atoms with Gasteiger partial charge < -0.3 is 14.8 Å². The third-order valence-electron chi connectivity index (χ3n) is 4.21. The first kappa shape index (κ1) is 20.1. The second kappa shape index (κ2) is 9.03. The lowest BCUT2D eigenvalue weighted by molar-refractivity contribution is -0.137. The minimum atomic E-state index is -4.50. The van der Waals surface area contributed by atoms with Gasteiger partial charge >= 0.3 is 6.18 Å². The molecule has 0 unspecified atom stereocenters. The first-order valence-electron chi connectivity index (χ1n) is 8.79. The number of rotatable bonds is 6. The maximum Gasteiger partial charge on any atom is 0.416 e. The van der Waals surface area contributed by atoms with Crippen LogP contribution in [-0.2, 0) is 10.9 Å². The first-order chi connectivity index (χ1) is 13.4. The molecule has 9 heteroatoms. The quantitative estimate of drug-likeness (QED) is 0.815. The summed E-state index contributed by atoms with van der Waals surface area (Å²) in [6.45, 7) is 4.42. The number of ether oxygens (including phenoxy) is 2. The van der Waals surface area contributed by atoms with Gasteiger partial charge in [-0.1, -0.05) is 6.07 Å². The minimum Gasteiger partial charge on any atom is -0.476 e. The van der Waals surface area contributed by atoms with Crippen molar-refractivity contribution in [3.05, 3.63) is 53.7 Å². The van der Waals surface area contributed by atoms with Crippen molar-refractivity contribution in [3.8, 4) is 5.88 Å². The zero-order valence-corrected chi connectivity index (χ0v) is 15.0. The van der Waals surface area contributed by atoms with Crippen LogP contribution in [0, 0.1) is 0 Å². The fraction of sp³-hybridized carbons (Fsp3) is 0.368. The van der Waals surface area contributed by atoms with E-state index in [1.807, 2.05) is 0 Å². The Hall–Kier alpha value is -2.65. The molecule has 2 heterocycles. The Bertz CT molecular complexity index is 791. The second-order valence-corrected chi connectivity index (χ2v) is 6.22. The second-order valence-electron chi connectivity index (χ2n) is 6.22. The van der Waals surface area contributed by atoms with Crippen LogP contribution in [0.4, 0.5) is 18.9 Å². The fourth-order valence-corrected chi connectivity index (χ4v) is 2.68. The molecule has 0 aliphatic carbocycles. The zero-order valence-electron chi connectivity index (χ0n) is 15.0. The summed E-state index contributed by atoms with van der Waals surface area (Å²) in [5, 5.41) is 2.53. The van der Waals surface area contributed by atoms with Crippen molar-refractivity contribution in [2.45, 2.75) is 6.18 Å². The molecule has 0 atom stereocenters. The summed E-state index contributed by atoms with van der Waals surface area (Å²) in [5.74, 6) is -0.237. The number of nitrogens with zero attached hydrogens (tertiary/aromatic N) is 2. The summed E-state index contributed by atoms with van der Waals surface area (Å²) in [6.07, 6.45) is -3.10. The highest BCUT2D eigenvalue weighted by atomic mass is 19.4. The Kier molecular flexibility index (Phi) is 6.48. The van der Waals surface area contributed by atoms with Gasteiger partial charge in [-0.2, -0.15) is 13.2 Å². The van der Waals surface area contributed by atoms with E-state index in [4.69, 9.17) is 9.47 Å². The topological polar surface area (TPSA) is 63.7 Å². The number of amides is 1. The molecular formula is C19H20F3N3O3. The standard InChI is InChI=1S/C19H20F3N3O3/c20-19(21,22)15-3-1-2-14(12-15)18(26)24-16-4-5-17(23-13-16)28-11-8-25-6-9-27-10-7-25/h1-5,12-13H,6-11H2,(H,24,26). The molecule has 0 bridgehead atoms. The van der Waals surface area contributed by atoms with E-state index in [9.17, 15) is 18.0 Å². The molecule has 0 spiro atoms. The van der Waals surface area contributed by atoms with E-state index in [0.717, 1.165) is 45.0 Å². The van der Waals surface area contributed by atoms with Crippen LogP contribution >= 0.6 is 0 Å². The van der Waals surface area contributed by atoms with E-state index >= 15 is 0 Å². The summed E-state index contributed by atoms with van der Waals surface area (Å²) >= 11 is 0. The monoisotopic (exact) mass is 395 g/mol. The average Bonchev–Trinajstić information content (AvgIpc) is 2.69. The molecule has 3 rings (SSSR count). The van der Waals surface area contributed by atoms with Crippen molar-refractivity contribution >= 4 is 11.6 Å². The molecule has 1 aromatic carbocycles. The first-order valence-corrected chi connectivity index (χ1v) is 8.79. The zero-order chi connectivity index (χ0) is 20.0. The lowest BCUT2D eigenvalue weighted by Gasteiger charge is -2.26. The lowest BCUT2D eigenvalue weighted by Crippen LogP contribution is -2.38. The van der Waals surface area contributed by atoms with Crippen LogP contribution in [0.5, 0.6) is 5.88 Å². The van der Waals surface area contributed by atoms with Gasteiger partial charge in [0, 0.05) is 31.3 Å². The molecule has 28 heavy (non-hydrogen) atoms. The smallest absolute Gasteiger partial charge is 0.416 e. The van der Waals surface area contributed by atoms with Crippen molar-refractivity contribution in [3.63, 3.8) is 0 Å². The number of hydrogen-bond acceptors (Lipinski definition) is 5. The molecule has 1 N–H and O–H groups in total. The van der Waals surface area contributed by atoms with Gasteiger partial charge in [0.15, 0.2) is 0 Å². The maximum absolute atomic E-state index is 12.8. The Morgan fingerprint density at radius 3 is 2.68 bits per heavy atom. The number of benzene rings is 1. The van der Waals surface area contributed by atoms with Gasteiger partial charge in [0.2, 0.25) is 5.88 Å². The van der Waals surface area contributed by atoms with Crippen molar-refractivity contribution in [1.29, 1.82) is 0 Å². The SMILES string of the molecule is O=C(Nc1ccc(OCCN2CCOCC2)nc1)c1cccc(C(F)(F)F)c1. The average molecular weight is 395 g/mol. The molecule has 1 amide bonds. The molecular weight excluding hydrogens is 375 g/mol. The molecule has 6 nitrogen and oxygen atoms in total. The Morgan fingerprint density at radius 2 is 2.00 bits per heavy atom. The number of carbonyl (C=O) groups is 1. The number of morpholine rings is 1. The molecule has 0 saturated carbocycles. The van der Waals surface area contributed by atoms with Gasteiger partial charge in [0.05, 0.1) is 30.7 Å². The fourth-order valence-electron chi connectivity index (χ4n) is 2.68. The number of anilines is 1. The van der Waals surface area contributed by atoms with Gasteiger partial charge in [0.1, 0.15) is 6.61 Å². The van der Waals surface area contributed by atoms with Gasteiger partial charge in [-0.15, -0.1) is 0 Å². The third-order valence-corrected chi connectivity index (χ3v) is 4.21. The van der Waals surface area contributed by atoms with Crippen molar-refractivity contribution in [2.24, 2.45) is 0 Å². The number of nitrogens with one attached hydrogen (secondary N) is 1. The highest BCUT2D eigenvalue weighted by Gasteiger charge is 2.30. The van der Waals surface area contributed by atoms with Crippen LogP contribution in [0.25, 0.3) is 0 Å². The molecule has 1 aliphatic heterocycles. The maximum atomic E-state index is 12.8. The summed E-state index contributed by atoms with van der Waals surface area (Å²) in [7, 11) is 0. The third kappa shape index (κ3) is 5.67. The minimum absolute atomic E-state index is 0.0827. The van der Waals surface area contributed by atoms with Gasteiger partial charge in [0.25, 0.3) is 5.91 Å². The van der Waals surface area contributed by atoms with Crippen LogP contribution in [0.2, 0.25) is 0 Å². The number of aromatic nitrogens is 1. The summed E-state index contributed by atoms with van der Waals surface area (Å²) < 4.78 is 49.1. The van der Waals surface area contributed by atoms with E-state index in [1.54, 1.807) is 12.1 Å². The van der Waals surface area contributed by atoms with E-state index in [-0.39, 0.29) is 5.56 Å². The van der Waals surface area contributed by atoms with Gasteiger partial charge in [-0.3, -0.25) is 9.69 Å². The highest BCUT2D eigenvalue weighted by Crippen LogP contribution is 2.29. The lowest BCUT2D eigenvalue weighted by atomic mass is 10.1. The van der Waals surface area contributed by atoms with E-state index in [1.165, 1.54) is 18.3 Å². The van der Waals surface area contributed by atoms with E-state index in [2.05, 4.69) is 15.2 Å². The number of carbonyl (C=O) groups excluding carboxylic acids is 1. The molecule has 1 fully saturated rings. The van der Waals surface area contributed by atoms with Crippen LogP contribution < -0.4 is 10.1 Å². The van der Waals surface area contributed by atoms with Crippen LogP contribution in [-0.4, -0.2) is 55.2 Å². The predicted molar refractivity (Wildman–Crippen MR) is 96.4 cm³/mol. The van der Waals surface area contributed by atoms with E-state index in [0.29, 0.717) is 18.2 Å².